The third kappa shape index (κ3) is 6.29. The van der Waals surface area contributed by atoms with Gasteiger partial charge >= 0.3 is 7.25 Å². The summed E-state index contributed by atoms with van der Waals surface area (Å²) in [6.07, 6.45) is 1.03. The molecule has 0 aliphatic rings. The lowest BCUT2D eigenvalue weighted by molar-refractivity contribution is 0.368. The molecule has 0 fully saturated rings. The van der Waals surface area contributed by atoms with Gasteiger partial charge in [0.2, 0.25) is 0 Å². The van der Waals surface area contributed by atoms with Crippen LogP contribution in [0.15, 0.2) is 121 Å². The van der Waals surface area contributed by atoms with Crippen LogP contribution in [-0.2, 0) is 6.16 Å². The third-order valence-electron chi connectivity index (χ3n) is 4.85. The average Bonchev–Trinajstić information content (AvgIpc) is 2.79. The molecular formula is C25H22BF4P. The lowest BCUT2D eigenvalue weighted by Crippen LogP contribution is -2.32. The molecule has 4 rings (SSSR count). The molecule has 0 radical (unpaired) electrons. The topological polar surface area (TPSA) is 0 Å². The molecule has 0 spiro atoms. The Bertz CT molecular complexity index is 938. The zero-order chi connectivity index (χ0) is 22.2. The first-order valence-corrected chi connectivity index (χ1v) is 11.8. The molecule has 0 aromatic heterocycles. The molecule has 0 N–H and O–H groups in total. The van der Waals surface area contributed by atoms with Crippen molar-refractivity contribution < 1.29 is 17.3 Å². The fourth-order valence-electron chi connectivity index (χ4n) is 3.63. The molecule has 4 aromatic carbocycles. The average molecular weight is 440 g/mol. The van der Waals surface area contributed by atoms with Crippen LogP contribution >= 0.6 is 7.26 Å². The monoisotopic (exact) mass is 440 g/mol. The highest BCUT2D eigenvalue weighted by Crippen LogP contribution is 2.58. The number of hydrogen-bond donors (Lipinski definition) is 0. The van der Waals surface area contributed by atoms with Crippen LogP contribution in [0, 0.1) is 0 Å². The van der Waals surface area contributed by atoms with Crippen LogP contribution in [0.5, 0.6) is 0 Å². The van der Waals surface area contributed by atoms with Gasteiger partial charge in [0.25, 0.3) is 0 Å². The van der Waals surface area contributed by atoms with Crippen LogP contribution in [0.25, 0.3) is 0 Å². The van der Waals surface area contributed by atoms with E-state index in [4.69, 9.17) is 0 Å². The van der Waals surface area contributed by atoms with Crippen LogP contribution in [0.2, 0.25) is 0 Å². The fourth-order valence-corrected chi connectivity index (χ4v) is 7.87. The zero-order valence-electron chi connectivity index (χ0n) is 16.8. The Balaban J connectivity index is 0.000000491. The van der Waals surface area contributed by atoms with Crippen LogP contribution in [0.1, 0.15) is 5.56 Å². The first kappa shape index (κ1) is 22.8. The minimum atomic E-state index is -6.00. The van der Waals surface area contributed by atoms with Crippen LogP contribution < -0.4 is 15.9 Å². The van der Waals surface area contributed by atoms with Gasteiger partial charge in [-0.25, -0.2) is 0 Å². The molecule has 0 amide bonds. The Morgan fingerprint density at radius 1 is 0.452 bits per heavy atom. The van der Waals surface area contributed by atoms with Crippen molar-refractivity contribution in [2.75, 3.05) is 0 Å². The van der Waals surface area contributed by atoms with Crippen molar-refractivity contribution in [2.45, 2.75) is 6.16 Å². The summed E-state index contributed by atoms with van der Waals surface area (Å²) in [5.74, 6) is 0. The van der Waals surface area contributed by atoms with E-state index >= 15 is 0 Å². The number of hydrogen-bond acceptors (Lipinski definition) is 0. The normalized spacial score (nSPS) is 11.4. The highest BCUT2D eigenvalue weighted by atomic mass is 31.2. The molecule has 0 aliphatic heterocycles. The number of rotatable bonds is 5. The van der Waals surface area contributed by atoms with Gasteiger partial charge in [-0.3, -0.25) is 0 Å². The van der Waals surface area contributed by atoms with Crippen molar-refractivity contribution in [3.8, 4) is 0 Å². The number of halogens is 4. The molecule has 4 aromatic rings. The van der Waals surface area contributed by atoms with Crippen molar-refractivity contribution in [3.63, 3.8) is 0 Å². The van der Waals surface area contributed by atoms with Crippen molar-refractivity contribution in [3.05, 3.63) is 127 Å². The molecule has 6 heteroatoms. The van der Waals surface area contributed by atoms with Gasteiger partial charge in [-0.15, -0.1) is 0 Å². The molecule has 0 atom stereocenters. The van der Waals surface area contributed by atoms with E-state index in [0.717, 1.165) is 6.16 Å². The minimum Gasteiger partial charge on any atom is -0.418 e. The number of benzene rings is 4. The van der Waals surface area contributed by atoms with Crippen molar-refractivity contribution in [1.29, 1.82) is 0 Å². The highest BCUT2D eigenvalue weighted by Gasteiger charge is 2.45. The Labute approximate surface area is 181 Å². The van der Waals surface area contributed by atoms with E-state index in [-0.39, 0.29) is 0 Å². The van der Waals surface area contributed by atoms with Gasteiger partial charge in [-0.2, -0.15) is 0 Å². The minimum absolute atomic E-state index is 1.03. The zero-order valence-corrected chi connectivity index (χ0v) is 17.7. The molecular weight excluding hydrogens is 418 g/mol. The second-order valence-corrected chi connectivity index (χ2v) is 10.4. The van der Waals surface area contributed by atoms with E-state index < -0.39 is 14.5 Å². The molecule has 0 unspecified atom stereocenters. The summed E-state index contributed by atoms with van der Waals surface area (Å²) in [5.41, 5.74) is 1.39. The molecule has 0 heterocycles. The summed E-state index contributed by atoms with van der Waals surface area (Å²) < 4.78 is 39.0. The van der Waals surface area contributed by atoms with Crippen LogP contribution in [0.4, 0.5) is 17.3 Å². The summed E-state index contributed by atoms with van der Waals surface area (Å²) in [5, 5.41) is 4.30. The predicted octanol–water partition coefficient (Wildman–Crippen LogP) is 6.48. The molecule has 0 saturated carbocycles. The van der Waals surface area contributed by atoms with E-state index in [1.165, 1.54) is 21.5 Å². The maximum Gasteiger partial charge on any atom is 0.673 e. The van der Waals surface area contributed by atoms with Gasteiger partial charge in [0, 0.05) is 0 Å². The largest absolute Gasteiger partial charge is 0.673 e. The van der Waals surface area contributed by atoms with Gasteiger partial charge in [-0.05, 0) is 42.0 Å². The summed E-state index contributed by atoms with van der Waals surface area (Å²) in [6.45, 7) is 0. The third-order valence-corrected chi connectivity index (χ3v) is 9.23. The quantitative estimate of drug-likeness (QED) is 0.189. The Morgan fingerprint density at radius 3 is 1.00 bits per heavy atom. The Hall–Kier alpha value is -2.91. The summed E-state index contributed by atoms with van der Waals surface area (Å²) in [4.78, 5) is 0. The predicted molar refractivity (Wildman–Crippen MR) is 125 cm³/mol. The van der Waals surface area contributed by atoms with Crippen LogP contribution in [-0.4, -0.2) is 7.25 Å². The molecule has 158 valence electrons. The second kappa shape index (κ2) is 10.4. The van der Waals surface area contributed by atoms with E-state index in [0.29, 0.717) is 0 Å². The molecule has 0 bridgehead atoms. The maximum atomic E-state index is 9.75. The first-order valence-electron chi connectivity index (χ1n) is 9.86. The first-order chi connectivity index (χ1) is 14.9. The SMILES string of the molecule is F[B-](F)(F)F.c1ccc(C[P+](c2ccccc2)(c2ccccc2)c2ccccc2)cc1. The van der Waals surface area contributed by atoms with Gasteiger partial charge in [-0.1, -0.05) is 84.9 Å². The highest BCUT2D eigenvalue weighted by molar-refractivity contribution is 7.95. The Kier molecular flexibility index (Phi) is 7.65. The Morgan fingerprint density at radius 2 is 0.710 bits per heavy atom. The second-order valence-electron chi connectivity index (χ2n) is 6.95. The smallest absolute Gasteiger partial charge is 0.418 e. The van der Waals surface area contributed by atoms with Gasteiger partial charge in [0.05, 0.1) is 6.16 Å². The lowest BCUT2D eigenvalue weighted by Gasteiger charge is -2.27. The van der Waals surface area contributed by atoms with Crippen molar-refractivity contribution in [2.24, 2.45) is 0 Å². The van der Waals surface area contributed by atoms with Crippen LogP contribution in [0.3, 0.4) is 0 Å². The maximum absolute atomic E-state index is 9.75. The fraction of sp³-hybridized carbons (Fsp3) is 0.0400. The molecule has 0 saturated heterocycles. The van der Waals surface area contributed by atoms with Crippen molar-refractivity contribution >= 4 is 30.4 Å². The summed E-state index contributed by atoms with van der Waals surface area (Å²) >= 11 is 0. The lowest BCUT2D eigenvalue weighted by atomic mass is 10.2. The van der Waals surface area contributed by atoms with Crippen molar-refractivity contribution in [1.82, 2.24) is 0 Å². The van der Waals surface area contributed by atoms with E-state index in [1.807, 2.05) is 0 Å². The summed E-state index contributed by atoms with van der Waals surface area (Å²) in [6, 6.07) is 44.0. The van der Waals surface area contributed by atoms with E-state index in [9.17, 15) is 17.3 Å². The summed E-state index contributed by atoms with van der Waals surface area (Å²) in [7, 11) is -7.78. The molecule has 0 nitrogen and oxygen atoms in total. The molecule has 31 heavy (non-hydrogen) atoms. The van der Waals surface area contributed by atoms with E-state index in [1.54, 1.807) is 0 Å². The van der Waals surface area contributed by atoms with E-state index in [2.05, 4.69) is 121 Å². The van der Waals surface area contributed by atoms with Gasteiger partial charge in [0.1, 0.15) is 23.2 Å². The molecule has 0 aliphatic carbocycles. The van der Waals surface area contributed by atoms with Gasteiger partial charge < -0.3 is 17.3 Å². The van der Waals surface area contributed by atoms with Gasteiger partial charge in [0.15, 0.2) is 0 Å². The standard InChI is InChI=1S/C25H22P.BF4/c1-5-13-22(14-6-1)21-26(23-15-7-2-8-16-23,24-17-9-3-10-18-24)25-19-11-4-12-20-25;2-1(3,4)5/h1-20H,21H2;/q+1;-1.